The topological polar surface area (TPSA) is 17.1 Å². The van der Waals surface area contributed by atoms with E-state index in [4.69, 9.17) is 11.6 Å². The Hall–Kier alpha value is -0.300. The molecule has 9 heavy (non-hydrogen) atoms. The van der Waals surface area contributed by atoms with Crippen molar-refractivity contribution in [2.24, 2.45) is 5.92 Å². The lowest BCUT2D eigenvalue weighted by Crippen LogP contribution is -2.28. The third kappa shape index (κ3) is 0.897. The third-order valence-corrected chi connectivity index (χ3v) is 2.40. The van der Waals surface area contributed by atoms with Gasteiger partial charge in [-0.3, -0.25) is 4.79 Å². The highest BCUT2D eigenvalue weighted by molar-refractivity contribution is 6.38. The zero-order chi connectivity index (χ0) is 7.07. The molecule has 0 bridgehead atoms. The Morgan fingerprint density at radius 1 is 1.78 bits per heavy atom. The Labute approximate surface area is 59.7 Å². The Kier molecular flexibility index (Phi) is 1.39. The van der Waals surface area contributed by atoms with Crippen LogP contribution in [0.5, 0.6) is 0 Å². The minimum atomic E-state index is -0.667. The van der Waals surface area contributed by atoms with E-state index in [0.29, 0.717) is 0 Å². The Morgan fingerprint density at radius 3 is 2.44 bits per heavy atom. The normalized spacial score (nSPS) is 42.1. The van der Waals surface area contributed by atoms with Gasteiger partial charge in [-0.1, -0.05) is 13.0 Å². The lowest BCUT2D eigenvalue weighted by molar-refractivity contribution is -0.116. The van der Waals surface area contributed by atoms with Crippen LogP contribution in [0.15, 0.2) is 12.2 Å². The molecule has 0 N–H and O–H groups in total. The quantitative estimate of drug-likeness (QED) is 0.474. The van der Waals surface area contributed by atoms with E-state index < -0.39 is 4.87 Å². The van der Waals surface area contributed by atoms with E-state index >= 15 is 0 Å². The predicted octanol–water partition coefficient (Wildman–Crippen LogP) is 1.76. The van der Waals surface area contributed by atoms with E-state index in [1.54, 1.807) is 13.0 Å². The van der Waals surface area contributed by atoms with Gasteiger partial charge in [-0.15, -0.1) is 11.6 Å². The second-order valence-electron chi connectivity index (χ2n) is 2.59. The number of hydrogen-bond acceptors (Lipinski definition) is 1. The number of carbonyl (C=O) groups is 1. The summed E-state index contributed by atoms with van der Waals surface area (Å²) in [5.74, 6) is 0.198. The maximum Gasteiger partial charge on any atom is 0.176 e. The fourth-order valence-electron chi connectivity index (χ4n) is 0.800. The molecule has 0 radical (unpaired) electrons. The summed E-state index contributed by atoms with van der Waals surface area (Å²) < 4.78 is 0. The van der Waals surface area contributed by atoms with Crippen molar-refractivity contribution in [3.63, 3.8) is 0 Å². The van der Waals surface area contributed by atoms with Crippen molar-refractivity contribution in [2.75, 3.05) is 0 Å². The summed E-state index contributed by atoms with van der Waals surface area (Å²) in [5.41, 5.74) is 0. The molecule has 2 heteroatoms. The maximum absolute atomic E-state index is 10.9. The maximum atomic E-state index is 10.9. The van der Waals surface area contributed by atoms with Crippen LogP contribution in [-0.2, 0) is 4.79 Å². The molecule has 1 rings (SSSR count). The van der Waals surface area contributed by atoms with Gasteiger partial charge in [-0.05, 0) is 13.0 Å². The molecule has 0 heterocycles. The van der Waals surface area contributed by atoms with Crippen LogP contribution in [-0.4, -0.2) is 10.7 Å². The van der Waals surface area contributed by atoms with Crippen LogP contribution in [0, 0.1) is 5.92 Å². The summed E-state index contributed by atoms with van der Waals surface area (Å²) in [6.07, 6.45) is 3.40. The van der Waals surface area contributed by atoms with E-state index in [0.717, 1.165) is 0 Å². The number of alkyl halides is 1. The van der Waals surface area contributed by atoms with Gasteiger partial charge in [0.15, 0.2) is 5.78 Å². The van der Waals surface area contributed by atoms with Gasteiger partial charge in [-0.25, -0.2) is 0 Å². The highest BCUT2D eigenvalue weighted by atomic mass is 35.5. The van der Waals surface area contributed by atoms with Crippen LogP contribution in [0.3, 0.4) is 0 Å². The molecule has 0 aromatic heterocycles. The number of carbonyl (C=O) groups excluding carboxylic acids is 1. The fraction of sp³-hybridized carbons (Fsp3) is 0.571. The van der Waals surface area contributed by atoms with Gasteiger partial charge in [-0.2, -0.15) is 0 Å². The van der Waals surface area contributed by atoms with Gasteiger partial charge in [0.05, 0.1) is 0 Å². The summed E-state index contributed by atoms with van der Waals surface area (Å²) in [4.78, 5) is 10.2. The monoisotopic (exact) mass is 144 g/mol. The molecule has 0 amide bonds. The minimum Gasteiger partial charge on any atom is -0.293 e. The Balaban J connectivity index is 2.88. The zero-order valence-electron chi connectivity index (χ0n) is 5.52. The molecule has 0 saturated heterocycles. The van der Waals surface area contributed by atoms with E-state index in [2.05, 4.69) is 0 Å². The molecule has 0 fully saturated rings. The largest absolute Gasteiger partial charge is 0.293 e. The van der Waals surface area contributed by atoms with Crippen molar-refractivity contribution < 1.29 is 4.79 Å². The van der Waals surface area contributed by atoms with Crippen molar-refractivity contribution >= 4 is 17.4 Å². The number of ketones is 1. The average molecular weight is 145 g/mol. The summed E-state index contributed by atoms with van der Waals surface area (Å²) in [6, 6.07) is 0. The zero-order valence-corrected chi connectivity index (χ0v) is 6.27. The standard InChI is InChI=1S/C7H9ClO/c1-5-3-4-6(9)7(5,2)8/h3-5H,1-2H3. The van der Waals surface area contributed by atoms with Crippen LogP contribution >= 0.6 is 11.6 Å². The summed E-state index contributed by atoms with van der Waals surface area (Å²) in [7, 11) is 0. The Bertz CT molecular complexity index is 170. The summed E-state index contributed by atoms with van der Waals surface area (Å²) in [5, 5.41) is 0. The van der Waals surface area contributed by atoms with Crippen LogP contribution in [0.25, 0.3) is 0 Å². The van der Waals surface area contributed by atoms with E-state index in [1.165, 1.54) is 0 Å². The molecule has 0 saturated carbocycles. The number of allylic oxidation sites excluding steroid dienone is 2. The first-order chi connectivity index (χ1) is 4.05. The molecule has 0 aromatic carbocycles. The van der Waals surface area contributed by atoms with Crippen molar-refractivity contribution in [2.45, 2.75) is 18.7 Å². The molecule has 0 aliphatic heterocycles. The molecule has 2 unspecified atom stereocenters. The molecule has 1 aliphatic carbocycles. The molecular weight excluding hydrogens is 136 g/mol. The number of halogens is 1. The Morgan fingerprint density at radius 2 is 2.33 bits per heavy atom. The van der Waals surface area contributed by atoms with Gasteiger partial charge < -0.3 is 0 Å². The second kappa shape index (κ2) is 1.84. The first-order valence-electron chi connectivity index (χ1n) is 2.96. The van der Waals surface area contributed by atoms with E-state index in [9.17, 15) is 4.79 Å². The lowest BCUT2D eigenvalue weighted by atomic mass is 9.98. The van der Waals surface area contributed by atoms with Crippen molar-refractivity contribution in [1.82, 2.24) is 0 Å². The minimum absolute atomic E-state index is 0.0247. The molecule has 1 nitrogen and oxygen atoms in total. The van der Waals surface area contributed by atoms with Gasteiger partial charge in [0.1, 0.15) is 4.87 Å². The van der Waals surface area contributed by atoms with Crippen molar-refractivity contribution in [1.29, 1.82) is 0 Å². The number of rotatable bonds is 0. The van der Waals surface area contributed by atoms with Crippen LogP contribution in [0.1, 0.15) is 13.8 Å². The highest BCUT2D eigenvalue weighted by Gasteiger charge is 2.37. The SMILES string of the molecule is CC1C=CC(=O)C1(C)Cl. The fourth-order valence-corrected chi connectivity index (χ4v) is 0.936. The van der Waals surface area contributed by atoms with E-state index in [-0.39, 0.29) is 11.7 Å². The molecule has 2 atom stereocenters. The van der Waals surface area contributed by atoms with Crippen molar-refractivity contribution in [3.8, 4) is 0 Å². The molecule has 0 spiro atoms. The predicted molar refractivity (Wildman–Crippen MR) is 37.6 cm³/mol. The van der Waals surface area contributed by atoms with Crippen molar-refractivity contribution in [3.05, 3.63) is 12.2 Å². The highest BCUT2D eigenvalue weighted by Crippen LogP contribution is 2.32. The smallest absolute Gasteiger partial charge is 0.176 e. The summed E-state index contributed by atoms with van der Waals surface area (Å²) in [6.45, 7) is 3.69. The average Bonchev–Trinajstić information content (AvgIpc) is 1.96. The molecule has 0 aromatic rings. The van der Waals surface area contributed by atoms with Gasteiger partial charge in [0.2, 0.25) is 0 Å². The second-order valence-corrected chi connectivity index (χ2v) is 3.37. The van der Waals surface area contributed by atoms with Crippen LogP contribution in [0.2, 0.25) is 0 Å². The molecule has 50 valence electrons. The number of hydrogen-bond donors (Lipinski definition) is 0. The van der Waals surface area contributed by atoms with Crippen LogP contribution in [0.4, 0.5) is 0 Å². The molecular formula is C7H9ClO. The van der Waals surface area contributed by atoms with Crippen LogP contribution < -0.4 is 0 Å². The molecule has 1 aliphatic rings. The first-order valence-corrected chi connectivity index (χ1v) is 3.34. The van der Waals surface area contributed by atoms with E-state index in [1.807, 2.05) is 13.0 Å². The lowest BCUT2D eigenvalue weighted by Gasteiger charge is -2.17. The summed E-state index contributed by atoms with van der Waals surface area (Å²) >= 11 is 5.86. The third-order valence-electron chi connectivity index (χ3n) is 1.87. The first kappa shape index (κ1) is 6.81. The van der Waals surface area contributed by atoms with Gasteiger partial charge in [0, 0.05) is 5.92 Å². The van der Waals surface area contributed by atoms with Gasteiger partial charge >= 0.3 is 0 Å². The van der Waals surface area contributed by atoms with Gasteiger partial charge in [0.25, 0.3) is 0 Å².